The van der Waals surface area contributed by atoms with E-state index < -0.39 is 0 Å². The first-order chi connectivity index (χ1) is 8.65. The topological polar surface area (TPSA) is 12.0 Å². The van der Waals surface area contributed by atoms with Gasteiger partial charge in [-0.1, -0.05) is 18.2 Å². The molecule has 18 heavy (non-hydrogen) atoms. The van der Waals surface area contributed by atoms with Crippen molar-refractivity contribution in [1.29, 1.82) is 0 Å². The highest BCUT2D eigenvalue weighted by molar-refractivity contribution is 9.11. The summed E-state index contributed by atoms with van der Waals surface area (Å²) in [5, 5.41) is 3.50. The third kappa shape index (κ3) is 3.94. The van der Waals surface area contributed by atoms with Crippen molar-refractivity contribution in [2.24, 2.45) is 0 Å². The van der Waals surface area contributed by atoms with Crippen LogP contribution in [0.2, 0.25) is 0 Å². The minimum atomic E-state index is 0.952. The van der Waals surface area contributed by atoms with Crippen LogP contribution in [0.15, 0.2) is 34.1 Å². The number of benzene rings is 1. The van der Waals surface area contributed by atoms with Crippen molar-refractivity contribution in [2.75, 3.05) is 6.54 Å². The molecule has 0 fully saturated rings. The fraction of sp³-hybridized carbons (Fsp3) is 0.333. The van der Waals surface area contributed by atoms with Crippen LogP contribution in [0.3, 0.4) is 0 Å². The molecule has 0 atom stereocenters. The Morgan fingerprint density at radius 1 is 1.11 bits per heavy atom. The summed E-state index contributed by atoms with van der Waals surface area (Å²) in [6.45, 7) is 6.30. The van der Waals surface area contributed by atoms with Gasteiger partial charge in [0.2, 0.25) is 0 Å². The maximum atomic E-state index is 3.50. The van der Waals surface area contributed by atoms with Crippen LogP contribution in [-0.2, 0) is 13.0 Å². The fourth-order valence-electron chi connectivity index (χ4n) is 1.84. The summed E-state index contributed by atoms with van der Waals surface area (Å²) in [5.41, 5.74) is 4.10. The molecule has 3 heteroatoms. The molecule has 96 valence electrons. The molecule has 1 aromatic carbocycles. The van der Waals surface area contributed by atoms with Gasteiger partial charge in [0, 0.05) is 18.0 Å². The zero-order valence-corrected chi connectivity index (χ0v) is 13.2. The second-order valence-electron chi connectivity index (χ2n) is 4.55. The van der Waals surface area contributed by atoms with Gasteiger partial charge in [-0.3, -0.25) is 0 Å². The number of thiophene rings is 1. The van der Waals surface area contributed by atoms with Gasteiger partial charge in [0.15, 0.2) is 0 Å². The lowest BCUT2D eigenvalue weighted by Crippen LogP contribution is -2.16. The molecule has 0 aliphatic carbocycles. The molecule has 0 bridgehead atoms. The van der Waals surface area contributed by atoms with Crippen LogP contribution < -0.4 is 5.32 Å². The van der Waals surface area contributed by atoms with Crippen molar-refractivity contribution in [2.45, 2.75) is 26.8 Å². The van der Waals surface area contributed by atoms with Gasteiger partial charge in [-0.2, -0.15) is 0 Å². The van der Waals surface area contributed by atoms with Gasteiger partial charge < -0.3 is 5.32 Å². The van der Waals surface area contributed by atoms with Crippen molar-refractivity contribution < 1.29 is 0 Å². The average molecular weight is 324 g/mol. The van der Waals surface area contributed by atoms with Gasteiger partial charge in [0.1, 0.15) is 0 Å². The summed E-state index contributed by atoms with van der Waals surface area (Å²) in [5.74, 6) is 0. The van der Waals surface area contributed by atoms with Gasteiger partial charge in [-0.05, 0) is 65.0 Å². The SMILES string of the molecule is Cc1ccc(CNCCc2ccc(Br)s2)cc1C. The van der Waals surface area contributed by atoms with Crippen LogP contribution in [0.25, 0.3) is 0 Å². The highest BCUT2D eigenvalue weighted by Crippen LogP contribution is 2.22. The number of halogens is 1. The van der Waals surface area contributed by atoms with Gasteiger partial charge in [-0.15, -0.1) is 11.3 Å². The molecule has 0 radical (unpaired) electrons. The van der Waals surface area contributed by atoms with Gasteiger partial charge in [-0.25, -0.2) is 0 Å². The third-order valence-corrected chi connectivity index (χ3v) is 4.76. The van der Waals surface area contributed by atoms with Crippen molar-refractivity contribution in [1.82, 2.24) is 5.32 Å². The summed E-state index contributed by atoms with van der Waals surface area (Å²) >= 11 is 5.31. The maximum absolute atomic E-state index is 3.50. The summed E-state index contributed by atoms with van der Waals surface area (Å²) < 4.78 is 1.21. The van der Waals surface area contributed by atoms with Crippen LogP contribution in [-0.4, -0.2) is 6.54 Å². The monoisotopic (exact) mass is 323 g/mol. The molecule has 1 N–H and O–H groups in total. The Hall–Kier alpha value is -0.640. The van der Waals surface area contributed by atoms with Crippen LogP contribution >= 0.6 is 27.3 Å². The normalized spacial score (nSPS) is 10.8. The lowest BCUT2D eigenvalue weighted by molar-refractivity contribution is 0.690. The van der Waals surface area contributed by atoms with Crippen molar-refractivity contribution in [3.05, 3.63) is 55.7 Å². The summed E-state index contributed by atoms with van der Waals surface area (Å²) in [4.78, 5) is 1.43. The largest absolute Gasteiger partial charge is 0.312 e. The van der Waals surface area contributed by atoms with E-state index in [1.807, 2.05) is 11.3 Å². The number of aryl methyl sites for hydroxylation is 2. The van der Waals surface area contributed by atoms with Crippen molar-refractivity contribution in [3.8, 4) is 0 Å². The Morgan fingerprint density at radius 2 is 1.94 bits per heavy atom. The Labute approximate surface area is 121 Å². The van der Waals surface area contributed by atoms with Gasteiger partial charge >= 0.3 is 0 Å². The standard InChI is InChI=1S/C15H18BrNS/c1-11-3-4-13(9-12(11)2)10-17-8-7-14-5-6-15(16)18-14/h3-6,9,17H,7-8,10H2,1-2H3. The molecular weight excluding hydrogens is 306 g/mol. The minimum Gasteiger partial charge on any atom is -0.312 e. The van der Waals surface area contributed by atoms with Crippen LogP contribution in [0.5, 0.6) is 0 Å². The maximum Gasteiger partial charge on any atom is 0.0701 e. The van der Waals surface area contributed by atoms with E-state index in [1.165, 1.54) is 25.4 Å². The summed E-state index contributed by atoms with van der Waals surface area (Å²) in [6, 6.07) is 11.0. The molecule has 0 unspecified atom stereocenters. The lowest BCUT2D eigenvalue weighted by atomic mass is 10.1. The second-order valence-corrected chi connectivity index (χ2v) is 7.10. The molecule has 0 spiro atoms. The Morgan fingerprint density at radius 3 is 2.61 bits per heavy atom. The third-order valence-electron chi connectivity index (χ3n) is 3.08. The quantitative estimate of drug-likeness (QED) is 0.801. The molecule has 0 aliphatic rings. The molecule has 1 aromatic heterocycles. The van der Waals surface area contributed by atoms with E-state index in [-0.39, 0.29) is 0 Å². The molecule has 2 rings (SSSR count). The van der Waals surface area contributed by atoms with E-state index in [9.17, 15) is 0 Å². The molecule has 1 heterocycles. The predicted octanol–water partition coefficient (Wildman–Crippen LogP) is 4.46. The van der Waals surface area contributed by atoms with Gasteiger partial charge in [0.25, 0.3) is 0 Å². The Balaban J connectivity index is 1.76. The van der Waals surface area contributed by atoms with E-state index >= 15 is 0 Å². The van der Waals surface area contributed by atoms with Crippen LogP contribution in [0.1, 0.15) is 21.6 Å². The van der Waals surface area contributed by atoms with E-state index in [0.29, 0.717) is 0 Å². The summed E-state index contributed by atoms with van der Waals surface area (Å²) in [6.07, 6.45) is 1.10. The fourth-order valence-corrected chi connectivity index (χ4v) is 3.33. The van der Waals surface area contributed by atoms with E-state index in [2.05, 4.69) is 65.4 Å². The zero-order chi connectivity index (χ0) is 13.0. The van der Waals surface area contributed by atoms with E-state index in [0.717, 1.165) is 19.5 Å². The van der Waals surface area contributed by atoms with E-state index in [1.54, 1.807) is 0 Å². The molecule has 0 aliphatic heterocycles. The number of rotatable bonds is 5. The van der Waals surface area contributed by atoms with Crippen LogP contribution in [0, 0.1) is 13.8 Å². The zero-order valence-electron chi connectivity index (χ0n) is 10.8. The number of nitrogens with one attached hydrogen (secondary N) is 1. The van der Waals surface area contributed by atoms with Crippen molar-refractivity contribution >= 4 is 27.3 Å². The molecular formula is C15H18BrNS. The van der Waals surface area contributed by atoms with E-state index in [4.69, 9.17) is 0 Å². The predicted molar refractivity (Wildman–Crippen MR) is 83.3 cm³/mol. The average Bonchev–Trinajstić information content (AvgIpc) is 2.75. The first-order valence-electron chi connectivity index (χ1n) is 6.16. The Kier molecular flexibility index (Phi) is 4.98. The molecule has 0 saturated heterocycles. The number of hydrogen-bond donors (Lipinski definition) is 1. The molecule has 0 amide bonds. The minimum absolute atomic E-state index is 0.952. The Bertz CT molecular complexity index is 519. The van der Waals surface area contributed by atoms with Crippen LogP contribution in [0.4, 0.5) is 0 Å². The first-order valence-corrected chi connectivity index (χ1v) is 7.77. The molecule has 2 aromatic rings. The smallest absolute Gasteiger partial charge is 0.0701 e. The van der Waals surface area contributed by atoms with Crippen molar-refractivity contribution in [3.63, 3.8) is 0 Å². The van der Waals surface area contributed by atoms with Gasteiger partial charge in [0.05, 0.1) is 3.79 Å². The number of hydrogen-bond acceptors (Lipinski definition) is 2. The first kappa shape index (κ1) is 13.8. The molecule has 1 nitrogen and oxygen atoms in total. The lowest BCUT2D eigenvalue weighted by Gasteiger charge is -2.06. The summed E-state index contributed by atoms with van der Waals surface area (Å²) in [7, 11) is 0. The second kappa shape index (κ2) is 6.50. The highest BCUT2D eigenvalue weighted by Gasteiger charge is 1.99. The highest BCUT2D eigenvalue weighted by atomic mass is 79.9. The molecule has 0 saturated carbocycles.